The molecule has 0 radical (unpaired) electrons. The first-order valence-corrected chi connectivity index (χ1v) is 10.1. The molecule has 29 heavy (non-hydrogen) atoms. The highest BCUT2D eigenvalue weighted by Gasteiger charge is 2.30. The Balaban J connectivity index is 1.37. The van der Waals surface area contributed by atoms with Crippen molar-refractivity contribution < 1.29 is 18.0 Å². The summed E-state index contributed by atoms with van der Waals surface area (Å²) in [5, 5.41) is 6.90. The van der Waals surface area contributed by atoms with Gasteiger partial charge in [-0.25, -0.2) is 0 Å². The second kappa shape index (κ2) is 9.91. The molecular formula is C21H27F3N4O. The van der Waals surface area contributed by atoms with E-state index in [1.54, 1.807) is 6.20 Å². The molecule has 0 bridgehead atoms. The molecule has 1 N–H and O–H groups in total. The Morgan fingerprint density at radius 2 is 2.00 bits per heavy atom. The van der Waals surface area contributed by atoms with Gasteiger partial charge >= 0.3 is 6.18 Å². The number of amides is 1. The zero-order chi connectivity index (χ0) is 20.7. The number of nitrogens with one attached hydrogen (secondary N) is 1. The van der Waals surface area contributed by atoms with Gasteiger partial charge in [0.1, 0.15) is 0 Å². The highest BCUT2D eigenvalue weighted by atomic mass is 19.4. The van der Waals surface area contributed by atoms with Crippen LogP contribution in [-0.2, 0) is 17.5 Å². The lowest BCUT2D eigenvalue weighted by molar-refractivity contribution is -0.137. The van der Waals surface area contributed by atoms with Gasteiger partial charge in [-0.2, -0.15) is 18.3 Å². The molecule has 2 heterocycles. The number of aromatic nitrogens is 2. The molecule has 1 aromatic carbocycles. The number of rotatable bonds is 8. The summed E-state index contributed by atoms with van der Waals surface area (Å²) in [6.45, 7) is 4.01. The Kier molecular flexibility index (Phi) is 7.30. The number of benzene rings is 1. The van der Waals surface area contributed by atoms with E-state index in [4.69, 9.17) is 0 Å². The predicted octanol–water partition coefficient (Wildman–Crippen LogP) is 4.42. The summed E-state index contributed by atoms with van der Waals surface area (Å²) in [7, 11) is 0. The van der Waals surface area contributed by atoms with Crippen molar-refractivity contribution in [3.63, 3.8) is 0 Å². The summed E-state index contributed by atoms with van der Waals surface area (Å²) in [5.74, 6) is 0.326. The number of carbonyl (C=O) groups excluding carboxylic acids is 1. The van der Waals surface area contributed by atoms with Gasteiger partial charge in [0, 0.05) is 37.6 Å². The molecule has 0 spiro atoms. The highest BCUT2D eigenvalue weighted by Crippen LogP contribution is 2.30. The number of carbonyl (C=O) groups is 1. The summed E-state index contributed by atoms with van der Waals surface area (Å²) in [4.78, 5) is 14.6. The molecule has 158 valence electrons. The van der Waals surface area contributed by atoms with E-state index in [-0.39, 0.29) is 5.91 Å². The van der Waals surface area contributed by atoms with Gasteiger partial charge < -0.3 is 10.2 Å². The molecule has 8 heteroatoms. The van der Waals surface area contributed by atoms with Crippen molar-refractivity contribution in [1.29, 1.82) is 0 Å². The van der Waals surface area contributed by atoms with Crippen LogP contribution in [0.2, 0.25) is 0 Å². The summed E-state index contributed by atoms with van der Waals surface area (Å²) >= 11 is 0. The van der Waals surface area contributed by atoms with Crippen molar-refractivity contribution in [2.24, 2.45) is 5.92 Å². The molecule has 1 atom stereocenters. The smallest absolute Gasteiger partial charge is 0.326 e. The van der Waals surface area contributed by atoms with Crippen LogP contribution in [0, 0.1) is 5.92 Å². The predicted molar refractivity (Wildman–Crippen MR) is 105 cm³/mol. The fourth-order valence-corrected chi connectivity index (χ4v) is 3.78. The van der Waals surface area contributed by atoms with E-state index in [2.05, 4.69) is 15.3 Å². The van der Waals surface area contributed by atoms with Crippen LogP contribution in [0.3, 0.4) is 0 Å². The number of aryl methyl sites for hydroxylation is 1. The maximum absolute atomic E-state index is 12.6. The van der Waals surface area contributed by atoms with Crippen molar-refractivity contribution in [3.8, 4) is 0 Å². The Bertz CT molecular complexity index is 759. The Morgan fingerprint density at radius 3 is 2.69 bits per heavy atom. The molecule has 1 fully saturated rings. The number of likely N-dealkylation sites (tertiary alicyclic amines) is 1. The summed E-state index contributed by atoms with van der Waals surface area (Å²) in [5.41, 5.74) is -0.322. The molecule has 2 aromatic rings. The first kappa shape index (κ1) is 21.4. The molecule has 1 amide bonds. The number of alkyl halides is 3. The Morgan fingerprint density at radius 1 is 1.21 bits per heavy atom. The van der Waals surface area contributed by atoms with Gasteiger partial charge in [-0.3, -0.25) is 9.48 Å². The van der Waals surface area contributed by atoms with Crippen molar-refractivity contribution in [2.75, 3.05) is 25.0 Å². The minimum Gasteiger partial charge on any atom is -0.326 e. The van der Waals surface area contributed by atoms with Gasteiger partial charge in [0.05, 0.1) is 5.56 Å². The second-order valence-corrected chi connectivity index (χ2v) is 7.59. The number of anilines is 1. The van der Waals surface area contributed by atoms with Crippen LogP contribution in [0.25, 0.3) is 0 Å². The van der Waals surface area contributed by atoms with Gasteiger partial charge in [-0.1, -0.05) is 0 Å². The number of piperidine rings is 1. The first-order chi connectivity index (χ1) is 13.9. The van der Waals surface area contributed by atoms with Crippen molar-refractivity contribution in [2.45, 2.75) is 44.8 Å². The van der Waals surface area contributed by atoms with Crippen molar-refractivity contribution in [1.82, 2.24) is 14.7 Å². The van der Waals surface area contributed by atoms with Crippen LogP contribution in [0.15, 0.2) is 42.7 Å². The van der Waals surface area contributed by atoms with Crippen LogP contribution in [0.4, 0.5) is 18.9 Å². The third-order valence-electron chi connectivity index (χ3n) is 5.30. The third kappa shape index (κ3) is 6.88. The molecule has 1 aliphatic rings. The maximum Gasteiger partial charge on any atom is 0.416 e. The van der Waals surface area contributed by atoms with E-state index in [1.165, 1.54) is 12.1 Å². The monoisotopic (exact) mass is 408 g/mol. The normalized spacial score (nSPS) is 18.0. The van der Waals surface area contributed by atoms with Gasteiger partial charge in [0.15, 0.2) is 0 Å². The first-order valence-electron chi connectivity index (χ1n) is 10.1. The fraction of sp³-hybridized carbons (Fsp3) is 0.524. The highest BCUT2D eigenvalue weighted by molar-refractivity contribution is 5.90. The van der Waals surface area contributed by atoms with E-state index in [0.717, 1.165) is 64.0 Å². The number of hydrogen-bond donors (Lipinski definition) is 1. The standard InChI is InChI=1S/C21H27F3N4O/c22-21(23,24)18-6-8-19(9-7-18)26-20(29)10-5-17-4-1-12-27(16-17)13-3-15-28-14-2-11-25-28/h2,6-9,11,14,17H,1,3-5,10,12-13,15-16H2,(H,26,29). The van der Waals surface area contributed by atoms with Gasteiger partial charge in [-0.15, -0.1) is 0 Å². The SMILES string of the molecule is O=C(CCC1CCCN(CCCn2cccn2)C1)Nc1ccc(C(F)(F)F)cc1. The van der Waals surface area contributed by atoms with E-state index >= 15 is 0 Å². The lowest BCUT2D eigenvalue weighted by Crippen LogP contribution is -2.36. The van der Waals surface area contributed by atoms with Crippen LogP contribution in [-0.4, -0.2) is 40.2 Å². The molecular weight excluding hydrogens is 381 g/mol. The van der Waals surface area contributed by atoms with Crippen LogP contribution < -0.4 is 5.32 Å². The lowest BCUT2D eigenvalue weighted by Gasteiger charge is -2.32. The molecule has 1 aliphatic heterocycles. The van der Waals surface area contributed by atoms with E-state index in [1.807, 2.05) is 16.9 Å². The van der Waals surface area contributed by atoms with E-state index in [0.29, 0.717) is 18.0 Å². The van der Waals surface area contributed by atoms with Gasteiger partial charge in [-0.05, 0) is 75.0 Å². The van der Waals surface area contributed by atoms with Crippen molar-refractivity contribution in [3.05, 3.63) is 48.3 Å². The molecule has 5 nitrogen and oxygen atoms in total. The lowest BCUT2D eigenvalue weighted by atomic mass is 9.93. The number of halogens is 3. The average molecular weight is 408 g/mol. The quantitative estimate of drug-likeness (QED) is 0.703. The largest absolute Gasteiger partial charge is 0.416 e. The van der Waals surface area contributed by atoms with Crippen molar-refractivity contribution >= 4 is 11.6 Å². The molecule has 1 aromatic heterocycles. The molecule has 0 aliphatic carbocycles. The number of hydrogen-bond acceptors (Lipinski definition) is 3. The van der Waals surface area contributed by atoms with Crippen LogP contribution in [0.5, 0.6) is 0 Å². The summed E-state index contributed by atoms with van der Waals surface area (Å²) in [6.07, 6.45) is 3.85. The number of nitrogens with zero attached hydrogens (tertiary/aromatic N) is 3. The van der Waals surface area contributed by atoms with Gasteiger partial charge in [0.2, 0.25) is 5.91 Å². The van der Waals surface area contributed by atoms with Gasteiger partial charge in [0.25, 0.3) is 0 Å². The maximum atomic E-state index is 12.6. The minimum atomic E-state index is -4.37. The van der Waals surface area contributed by atoms with E-state index in [9.17, 15) is 18.0 Å². The summed E-state index contributed by atoms with van der Waals surface area (Å²) in [6, 6.07) is 6.48. The second-order valence-electron chi connectivity index (χ2n) is 7.59. The zero-order valence-electron chi connectivity index (χ0n) is 16.4. The van der Waals surface area contributed by atoms with Crippen LogP contribution in [0.1, 0.15) is 37.7 Å². The molecule has 1 saturated heterocycles. The Hall–Kier alpha value is -2.35. The minimum absolute atomic E-state index is 0.152. The molecule has 3 rings (SSSR count). The Labute approximate surface area is 168 Å². The topological polar surface area (TPSA) is 50.2 Å². The summed E-state index contributed by atoms with van der Waals surface area (Å²) < 4.78 is 39.7. The molecule has 0 saturated carbocycles. The van der Waals surface area contributed by atoms with E-state index < -0.39 is 11.7 Å². The fourth-order valence-electron chi connectivity index (χ4n) is 3.78. The average Bonchev–Trinajstić information content (AvgIpc) is 3.20. The molecule has 1 unspecified atom stereocenters. The van der Waals surface area contributed by atoms with Crippen LogP contribution >= 0.6 is 0 Å². The zero-order valence-corrected chi connectivity index (χ0v) is 16.4. The third-order valence-corrected chi connectivity index (χ3v) is 5.30.